The summed E-state index contributed by atoms with van der Waals surface area (Å²) in [5.41, 5.74) is 5.90. The van der Waals surface area contributed by atoms with Gasteiger partial charge < -0.3 is 25.4 Å². The first kappa shape index (κ1) is 53.9. The van der Waals surface area contributed by atoms with Crippen LogP contribution in [0.3, 0.4) is 0 Å². The molecule has 7 aromatic rings. The molecule has 2 fully saturated rings. The Kier molecular flexibility index (Phi) is 18.8. The molecule has 4 heterocycles. The molecular formula is C57H63N5O8S4. The maximum absolute atomic E-state index is 13.3. The highest BCUT2D eigenvalue weighted by molar-refractivity contribution is 7.91. The van der Waals surface area contributed by atoms with Crippen LogP contribution < -0.4 is 25.4 Å². The zero-order chi connectivity index (χ0) is 51.9. The molecule has 5 aromatic carbocycles. The first-order valence-corrected chi connectivity index (χ1v) is 29.3. The van der Waals surface area contributed by atoms with Crippen molar-refractivity contribution in [3.8, 4) is 11.5 Å². The van der Waals surface area contributed by atoms with Crippen LogP contribution in [0, 0.1) is 5.92 Å². The van der Waals surface area contributed by atoms with E-state index in [0.717, 1.165) is 60.4 Å². The average molecular weight is 1070 g/mol. The van der Waals surface area contributed by atoms with Crippen molar-refractivity contribution in [2.75, 3.05) is 45.7 Å². The number of carbonyl (C=O) groups is 2. The van der Waals surface area contributed by atoms with E-state index in [0.29, 0.717) is 63.1 Å². The minimum Gasteiger partial charge on any atom is -0.497 e. The van der Waals surface area contributed by atoms with Gasteiger partial charge in [-0.15, -0.1) is 22.7 Å². The average Bonchev–Trinajstić information content (AvgIpc) is 4.14. The Hall–Kier alpha value is -6.34. The van der Waals surface area contributed by atoms with Gasteiger partial charge in [0.1, 0.15) is 19.9 Å². The summed E-state index contributed by atoms with van der Waals surface area (Å²) in [6, 6.07) is 50.1. The van der Waals surface area contributed by atoms with Crippen LogP contribution in [0.5, 0.6) is 11.5 Å². The monoisotopic (exact) mass is 1070 g/mol. The van der Waals surface area contributed by atoms with Crippen molar-refractivity contribution in [2.24, 2.45) is 5.92 Å². The van der Waals surface area contributed by atoms with Crippen molar-refractivity contribution in [2.45, 2.75) is 72.5 Å². The Morgan fingerprint density at radius 1 is 0.541 bits per heavy atom. The number of anilines is 1. The number of thiophene rings is 2. The summed E-state index contributed by atoms with van der Waals surface area (Å²) in [5, 5.41) is 9.31. The summed E-state index contributed by atoms with van der Waals surface area (Å²) in [5.74, 6) is 1.30. The van der Waals surface area contributed by atoms with E-state index >= 15 is 0 Å². The molecule has 2 amide bonds. The van der Waals surface area contributed by atoms with E-state index in [1.807, 2.05) is 12.1 Å². The fourth-order valence-corrected chi connectivity index (χ4v) is 14.9. The molecule has 0 aliphatic carbocycles. The number of carbonyl (C=O) groups excluding carboxylic acids is 2. The van der Waals surface area contributed by atoms with Crippen LogP contribution in [0.1, 0.15) is 79.3 Å². The highest BCUT2D eigenvalue weighted by atomic mass is 32.3. The fraction of sp³-hybridized carbons (Fsp3) is 0.298. The van der Waals surface area contributed by atoms with Gasteiger partial charge in [-0.3, -0.25) is 9.59 Å². The first-order valence-electron chi connectivity index (χ1n) is 24.8. The zero-order valence-electron chi connectivity index (χ0n) is 41.7. The predicted molar refractivity (Wildman–Crippen MR) is 294 cm³/mol. The van der Waals surface area contributed by atoms with Gasteiger partial charge in [0.15, 0.2) is 0 Å². The second-order valence-electron chi connectivity index (χ2n) is 18.3. The minimum absolute atomic E-state index is 0.212. The number of amides is 2. The molecule has 17 heteroatoms. The lowest BCUT2D eigenvalue weighted by atomic mass is 9.91. The van der Waals surface area contributed by atoms with E-state index < -0.39 is 20.0 Å². The summed E-state index contributed by atoms with van der Waals surface area (Å²) >= 11 is 2.42. The largest absolute Gasteiger partial charge is 0.497 e. The third-order valence-electron chi connectivity index (χ3n) is 13.2. The van der Waals surface area contributed by atoms with Gasteiger partial charge in [-0.25, -0.2) is 16.8 Å². The molecule has 2 aliphatic rings. The SMILES string of the molecule is COc1cccc(C(=O)NCc2ccc(S(=O)(=O)N3CCC(CCc4ccccc4)CC3)s2)c1.COc1cccc(C(=O)NCc2ccc(S(=O)(=O)N3CCC(Nc4cccc(Cc5ccccc5)c4)CC3)s2)c1. The van der Waals surface area contributed by atoms with Gasteiger partial charge in [0.2, 0.25) is 0 Å². The second-order valence-corrected chi connectivity index (χ2v) is 25.0. The lowest BCUT2D eigenvalue weighted by Crippen LogP contribution is -2.42. The Morgan fingerprint density at radius 2 is 1.01 bits per heavy atom. The molecule has 0 bridgehead atoms. The quantitative estimate of drug-likeness (QED) is 0.0715. The van der Waals surface area contributed by atoms with Gasteiger partial charge in [0.05, 0.1) is 27.3 Å². The Labute approximate surface area is 443 Å². The number of methoxy groups -OCH3 is 2. The first-order chi connectivity index (χ1) is 35.9. The Morgan fingerprint density at radius 3 is 1.53 bits per heavy atom. The van der Waals surface area contributed by atoms with Crippen LogP contribution in [0.2, 0.25) is 0 Å². The number of hydrogen-bond donors (Lipinski definition) is 3. The summed E-state index contributed by atoms with van der Waals surface area (Å²) in [6.45, 7) is 2.57. The molecule has 0 atom stereocenters. The number of rotatable bonds is 19. The van der Waals surface area contributed by atoms with Crippen molar-refractivity contribution in [3.05, 3.63) is 195 Å². The molecule has 3 N–H and O–H groups in total. The van der Waals surface area contributed by atoms with Crippen molar-refractivity contribution in [1.82, 2.24) is 19.2 Å². The van der Waals surface area contributed by atoms with Crippen molar-refractivity contribution in [1.29, 1.82) is 0 Å². The number of nitrogens with one attached hydrogen (secondary N) is 3. The van der Waals surface area contributed by atoms with Crippen LogP contribution in [0.25, 0.3) is 0 Å². The number of sulfonamides is 2. The number of benzene rings is 5. The topological polar surface area (TPSA) is 163 Å². The van der Waals surface area contributed by atoms with Crippen molar-refractivity contribution < 1.29 is 35.9 Å². The minimum atomic E-state index is -3.58. The Balaban J connectivity index is 0.000000200. The van der Waals surface area contributed by atoms with E-state index in [-0.39, 0.29) is 30.9 Å². The fourth-order valence-electron chi connectivity index (χ4n) is 9.04. The molecule has 2 aliphatic heterocycles. The highest BCUT2D eigenvalue weighted by Crippen LogP contribution is 2.31. The van der Waals surface area contributed by atoms with Gasteiger partial charge >= 0.3 is 0 Å². The molecule has 0 unspecified atom stereocenters. The lowest BCUT2D eigenvalue weighted by molar-refractivity contribution is 0.0943. The smallest absolute Gasteiger partial charge is 0.252 e. The molecule has 2 saturated heterocycles. The standard InChI is InChI=1S/C31H33N3O4S2.C26H30N2O4S2/c1-38-28-12-6-10-25(21-28)31(35)32-22-29-13-14-30(39-29)40(36,37)34-17-15-26(16-18-34)33-27-11-5-9-24(20-27)19-23-7-3-2-4-8-23;1-32-23-9-5-8-22(18-23)26(29)27-19-24-12-13-25(33-24)34(30,31)28-16-14-21(15-17-28)11-10-20-6-3-2-4-7-20/h2-14,20-21,26,33H,15-19,22H2,1H3,(H,32,35);2-9,12-13,18,21H,10-11,14-17,19H2,1H3,(H,27,29). The molecule has 2 aromatic heterocycles. The van der Waals surface area contributed by atoms with Crippen LogP contribution in [0.15, 0.2) is 166 Å². The van der Waals surface area contributed by atoms with Crippen molar-refractivity contribution in [3.63, 3.8) is 0 Å². The summed E-state index contributed by atoms with van der Waals surface area (Å²) < 4.78 is 67.1. The van der Waals surface area contributed by atoms with Crippen LogP contribution in [-0.2, 0) is 46.0 Å². The lowest BCUT2D eigenvalue weighted by Gasteiger charge is -2.31. The summed E-state index contributed by atoms with van der Waals surface area (Å²) in [6.07, 6.45) is 6.25. The zero-order valence-corrected chi connectivity index (χ0v) is 44.9. The van der Waals surface area contributed by atoms with Crippen LogP contribution in [0.4, 0.5) is 5.69 Å². The van der Waals surface area contributed by atoms with Crippen molar-refractivity contribution >= 4 is 60.2 Å². The normalized spacial score (nSPS) is 14.8. The predicted octanol–water partition coefficient (Wildman–Crippen LogP) is 10.3. The van der Waals surface area contributed by atoms with Gasteiger partial charge in [0, 0.05) is 58.8 Å². The highest BCUT2D eigenvalue weighted by Gasteiger charge is 2.32. The van der Waals surface area contributed by atoms with Gasteiger partial charge in [-0.2, -0.15) is 8.61 Å². The number of hydrogen-bond acceptors (Lipinski definition) is 11. The third kappa shape index (κ3) is 14.7. The van der Waals surface area contributed by atoms with Gasteiger partial charge in [-0.1, -0.05) is 84.9 Å². The maximum atomic E-state index is 13.3. The van der Waals surface area contributed by atoms with E-state index in [1.54, 1.807) is 95.6 Å². The number of piperidine rings is 2. The third-order valence-corrected chi connectivity index (χ3v) is 20.1. The van der Waals surface area contributed by atoms with Gasteiger partial charge in [0.25, 0.3) is 31.9 Å². The second kappa shape index (κ2) is 25.7. The van der Waals surface area contributed by atoms with E-state index in [9.17, 15) is 26.4 Å². The number of ether oxygens (including phenoxy) is 2. The van der Waals surface area contributed by atoms with E-state index in [1.165, 1.54) is 39.4 Å². The van der Waals surface area contributed by atoms with Crippen LogP contribution >= 0.6 is 22.7 Å². The summed E-state index contributed by atoms with van der Waals surface area (Å²) in [4.78, 5) is 26.5. The molecule has 74 heavy (non-hydrogen) atoms. The Bertz CT molecular complexity index is 3170. The summed E-state index contributed by atoms with van der Waals surface area (Å²) in [7, 11) is -3.99. The van der Waals surface area contributed by atoms with Gasteiger partial charge in [-0.05, 0) is 140 Å². The van der Waals surface area contributed by atoms with E-state index in [4.69, 9.17) is 9.47 Å². The molecular weight excluding hydrogens is 1010 g/mol. The molecule has 9 rings (SSSR count). The van der Waals surface area contributed by atoms with E-state index in [2.05, 4.69) is 88.7 Å². The molecule has 0 saturated carbocycles. The van der Waals surface area contributed by atoms with Crippen LogP contribution in [-0.4, -0.2) is 83.7 Å². The number of nitrogens with zero attached hydrogens (tertiary/aromatic N) is 2. The molecule has 388 valence electrons. The molecule has 0 radical (unpaired) electrons. The molecule has 13 nitrogen and oxygen atoms in total. The maximum Gasteiger partial charge on any atom is 0.252 e. The molecule has 0 spiro atoms. The number of aryl methyl sites for hydroxylation is 1.